The molecule has 0 saturated heterocycles. The van der Waals surface area contributed by atoms with E-state index in [-0.39, 0.29) is 31.1 Å². The summed E-state index contributed by atoms with van der Waals surface area (Å²) < 4.78 is 16.9. The van der Waals surface area contributed by atoms with E-state index in [9.17, 15) is 14.4 Å². The van der Waals surface area contributed by atoms with Gasteiger partial charge in [0.15, 0.2) is 6.10 Å². The second kappa shape index (κ2) is 58.4. The van der Waals surface area contributed by atoms with Crippen LogP contribution in [-0.2, 0) is 28.6 Å². The van der Waals surface area contributed by atoms with E-state index in [0.29, 0.717) is 19.3 Å². The molecule has 0 amide bonds. The molecule has 1 atom stereocenters. The van der Waals surface area contributed by atoms with Crippen molar-refractivity contribution >= 4 is 17.9 Å². The topological polar surface area (TPSA) is 78.9 Å². The first-order chi connectivity index (χ1) is 34.5. The zero-order chi connectivity index (χ0) is 50.7. The molecule has 0 radical (unpaired) electrons. The van der Waals surface area contributed by atoms with Crippen molar-refractivity contribution in [3.8, 4) is 0 Å². The van der Waals surface area contributed by atoms with Crippen LogP contribution in [0, 0.1) is 0 Å². The van der Waals surface area contributed by atoms with Crippen molar-refractivity contribution in [1.82, 2.24) is 0 Å². The Morgan fingerprint density at radius 3 is 0.900 bits per heavy atom. The molecule has 0 aromatic rings. The van der Waals surface area contributed by atoms with Crippen LogP contribution in [0.2, 0.25) is 0 Å². The van der Waals surface area contributed by atoms with Gasteiger partial charge >= 0.3 is 17.9 Å². The molecule has 0 aliphatic rings. The van der Waals surface area contributed by atoms with Crippen molar-refractivity contribution in [3.63, 3.8) is 0 Å². The largest absolute Gasteiger partial charge is 0.462 e. The minimum Gasteiger partial charge on any atom is -0.462 e. The first-order valence-electron chi connectivity index (χ1n) is 29.9. The van der Waals surface area contributed by atoms with Crippen LogP contribution in [0.5, 0.6) is 0 Å². The normalized spacial score (nSPS) is 12.6. The summed E-state index contributed by atoms with van der Waals surface area (Å²) in [4.78, 5) is 38.2. The van der Waals surface area contributed by atoms with E-state index in [1.807, 2.05) is 0 Å². The lowest BCUT2D eigenvalue weighted by molar-refractivity contribution is -0.167. The highest BCUT2D eigenvalue weighted by Gasteiger charge is 2.19. The van der Waals surface area contributed by atoms with Gasteiger partial charge in [-0.15, -0.1) is 0 Å². The summed E-state index contributed by atoms with van der Waals surface area (Å²) in [6.45, 7) is 6.52. The molecular formula is C64H112O6. The van der Waals surface area contributed by atoms with Crippen LogP contribution in [0.4, 0.5) is 0 Å². The van der Waals surface area contributed by atoms with Gasteiger partial charge < -0.3 is 14.2 Å². The predicted molar refractivity (Wildman–Crippen MR) is 302 cm³/mol. The highest BCUT2D eigenvalue weighted by molar-refractivity contribution is 5.71. The van der Waals surface area contributed by atoms with Gasteiger partial charge in [-0.2, -0.15) is 0 Å². The molecule has 404 valence electrons. The van der Waals surface area contributed by atoms with Crippen molar-refractivity contribution in [3.05, 3.63) is 72.9 Å². The average Bonchev–Trinajstić information content (AvgIpc) is 3.36. The Balaban J connectivity index is 4.40. The standard InChI is InChI=1S/C64H112O6/c1-4-7-10-13-16-19-22-25-28-31-32-34-36-39-42-45-48-51-54-57-63(66)69-60-61(59-68-62(65)56-53-50-47-44-41-38-35-30-27-24-21-18-15-12-9-6-3)70-64(67)58-55-52-49-46-43-40-37-33-29-26-23-20-17-14-11-8-5-2/h7,10,16-17,19-20,25-26,28-29,32,34,61H,4-6,8-9,11-15,18,21-24,27,30-31,33,35-60H2,1-3H3/b10-7-,19-16-,20-17-,28-25-,29-26-,34-32-. The lowest BCUT2D eigenvalue weighted by atomic mass is 10.0. The van der Waals surface area contributed by atoms with Crippen LogP contribution in [0.15, 0.2) is 72.9 Å². The van der Waals surface area contributed by atoms with Gasteiger partial charge in [0.25, 0.3) is 0 Å². The van der Waals surface area contributed by atoms with E-state index < -0.39 is 6.10 Å². The number of unbranched alkanes of at least 4 members (excludes halogenated alkanes) is 31. The number of rotatable bonds is 54. The minimum atomic E-state index is -0.785. The minimum absolute atomic E-state index is 0.0808. The maximum Gasteiger partial charge on any atom is 0.306 e. The lowest BCUT2D eigenvalue weighted by Crippen LogP contribution is -2.30. The quantitative estimate of drug-likeness (QED) is 0.0261. The van der Waals surface area contributed by atoms with E-state index in [1.165, 1.54) is 154 Å². The Morgan fingerprint density at radius 1 is 0.300 bits per heavy atom. The summed E-state index contributed by atoms with van der Waals surface area (Å²) in [5, 5.41) is 0. The molecule has 0 saturated carbocycles. The van der Waals surface area contributed by atoms with Gasteiger partial charge in [0.1, 0.15) is 13.2 Å². The summed E-state index contributed by atoms with van der Waals surface area (Å²) in [6.07, 6.45) is 74.6. The van der Waals surface area contributed by atoms with Gasteiger partial charge in [-0.1, -0.05) is 261 Å². The zero-order valence-electron chi connectivity index (χ0n) is 46.3. The smallest absolute Gasteiger partial charge is 0.306 e. The Morgan fingerprint density at radius 2 is 0.557 bits per heavy atom. The fourth-order valence-electron chi connectivity index (χ4n) is 8.47. The van der Waals surface area contributed by atoms with Gasteiger partial charge in [0, 0.05) is 19.3 Å². The fourth-order valence-corrected chi connectivity index (χ4v) is 8.47. The van der Waals surface area contributed by atoms with Gasteiger partial charge in [0.2, 0.25) is 0 Å². The maximum absolute atomic E-state index is 12.9. The molecular weight excluding hydrogens is 865 g/mol. The van der Waals surface area contributed by atoms with Crippen molar-refractivity contribution < 1.29 is 28.6 Å². The number of carbonyl (C=O) groups excluding carboxylic acids is 3. The van der Waals surface area contributed by atoms with E-state index in [4.69, 9.17) is 14.2 Å². The molecule has 0 aromatic heterocycles. The monoisotopic (exact) mass is 977 g/mol. The summed E-state index contributed by atoms with van der Waals surface area (Å²) in [5.41, 5.74) is 0. The van der Waals surface area contributed by atoms with Gasteiger partial charge in [-0.3, -0.25) is 14.4 Å². The molecule has 0 aromatic carbocycles. The highest BCUT2D eigenvalue weighted by Crippen LogP contribution is 2.16. The first-order valence-corrected chi connectivity index (χ1v) is 29.9. The summed E-state index contributed by atoms with van der Waals surface area (Å²) in [5.74, 6) is -0.891. The molecule has 0 heterocycles. The summed E-state index contributed by atoms with van der Waals surface area (Å²) in [7, 11) is 0. The molecule has 6 nitrogen and oxygen atoms in total. The Bertz CT molecular complexity index is 1310. The fraction of sp³-hybridized carbons (Fsp3) is 0.766. The van der Waals surface area contributed by atoms with Crippen molar-refractivity contribution in [2.75, 3.05) is 13.2 Å². The van der Waals surface area contributed by atoms with Gasteiger partial charge in [0.05, 0.1) is 0 Å². The Hall–Kier alpha value is -3.15. The molecule has 0 N–H and O–H groups in total. The van der Waals surface area contributed by atoms with Crippen LogP contribution < -0.4 is 0 Å². The van der Waals surface area contributed by atoms with Crippen LogP contribution in [0.3, 0.4) is 0 Å². The van der Waals surface area contributed by atoms with E-state index in [1.54, 1.807) is 0 Å². The third-order valence-corrected chi connectivity index (χ3v) is 12.9. The third-order valence-electron chi connectivity index (χ3n) is 12.9. The van der Waals surface area contributed by atoms with E-state index >= 15 is 0 Å². The van der Waals surface area contributed by atoms with Crippen LogP contribution >= 0.6 is 0 Å². The van der Waals surface area contributed by atoms with E-state index in [2.05, 4.69) is 93.7 Å². The van der Waals surface area contributed by atoms with E-state index in [0.717, 1.165) is 103 Å². The van der Waals surface area contributed by atoms with Crippen molar-refractivity contribution in [2.45, 2.75) is 303 Å². The molecule has 0 aliphatic heterocycles. The number of esters is 3. The zero-order valence-corrected chi connectivity index (χ0v) is 46.3. The van der Waals surface area contributed by atoms with Crippen LogP contribution in [-0.4, -0.2) is 37.2 Å². The lowest BCUT2D eigenvalue weighted by Gasteiger charge is -2.18. The molecule has 0 aliphatic carbocycles. The Kier molecular flexibility index (Phi) is 55.8. The van der Waals surface area contributed by atoms with Gasteiger partial charge in [-0.25, -0.2) is 0 Å². The van der Waals surface area contributed by atoms with Crippen LogP contribution in [0.1, 0.15) is 297 Å². The average molecular weight is 978 g/mol. The van der Waals surface area contributed by atoms with Crippen molar-refractivity contribution in [1.29, 1.82) is 0 Å². The van der Waals surface area contributed by atoms with Crippen molar-refractivity contribution in [2.24, 2.45) is 0 Å². The number of hydrogen-bond donors (Lipinski definition) is 0. The second-order valence-corrected chi connectivity index (χ2v) is 19.9. The Labute approximate surface area is 433 Å². The molecule has 0 bridgehead atoms. The number of hydrogen-bond acceptors (Lipinski definition) is 6. The first kappa shape index (κ1) is 66.9. The molecule has 1 unspecified atom stereocenters. The number of carbonyl (C=O) groups is 3. The number of allylic oxidation sites excluding steroid dienone is 12. The molecule has 70 heavy (non-hydrogen) atoms. The SMILES string of the molecule is CC/C=C\C/C=C\C/C=C\C/C=C\CCCCCCCCC(=O)OCC(COC(=O)CCCCCCCCCCCCCCCCCC)OC(=O)CCCCCCCCC/C=C\C/C=C\CCCCC. The predicted octanol–water partition coefficient (Wildman–Crippen LogP) is 20.2. The second-order valence-electron chi connectivity index (χ2n) is 19.9. The molecule has 0 fully saturated rings. The molecule has 0 spiro atoms. The summed E-state index contributed by atoms with van der Waals surface area (Å²) in [6, 6.07) is 0. The summed E-state index contributed by atoms with van der Waals surface area (Å²) >= 11 is 0. The number of ether oxygens (including phenoxy) is 3. The van der Waals surface area contributed by atoms with Gasteiger partial charge in [-0.05, 0) is 89.9 Å². The highest BCUT2D eigenvalue weighted by atomic mass is 16.6. The molecule has 6 heteroatoms. The third kappa shape index (κ3) is 55.8. The van der Waals surface area contributed by atoms with Crippen LogP contribution in [0.25, 0.3) is 0 Å². The maximum atomic E-state index is 12.9. The molecule has 0 rings (SSSR count).